The maximum absolute atomic E-state index is 13.3. The van der Waals surface area contributed by atoms with Gasteiger partial charge in [-0.2, -0.15) is 4.98 Å². The molecule has 148 valence electrons. The summed E-state index contributed by atoms with van der Waals surface area (Å²) in [7, 11) is 0. The molecule has 0 fully saturated rings. The summed E-state index contributed by atoms with van der Waals surface area (Å²) in [6.45, 7) is 4.40. The van der Waals surface area contributed by atoms with Crippen molar-refractivity contribution in [2.45, 2.75) is 30.7 Å². The molecule has 6 nitrogen and oxygen atoms in total. The minimum absolute atomic E-state index is 0.210. The monoisotopic (exact) mass is 410 g/mol. The van der Waals surface area contributed by atoms with E-state index in [0.717, 1.165) is 27.1 Å². The van der Waals surface area contributed by atoms with Crippen LogP contribution in [0.4, 0.5) is 4.39 Å². The molecular weight excluding hydrogens is 391 g/mol. The fraction of sp³-hybridized carbons (Fsp3) is 0.238. The van der Waals surface area contributed by atoms with E-state index in [2.05, 4.69) is 20.3 Å². The van der Waals surface area contributed by atoms with Gasteiger partial charge in [-0.1, -0.05) is 41.2 Å². The van der Waals surface area contributed by atoms with Gasteiger partial charge in [-0.25, -0.2) is 4.39 Å². The van der Waals surface area contributed by atoms with Crippen LogP contribution in [-0.4, -0.2) is 26.9 Å². The molecule has 1 unspecified atom stereocenters. The largest absolute Gasteiger partial charge is 0.371 e. The number of nitrogens with zero attached hydrogens (tertiary/aromatic N) is 4. The predicted molar refractivity (Wildman–Crippen MR) is 109 cm³/mol. The average molecular weight is 410 g/mol. The van der Waals surface area contributed by atoms with Crippen molar-refractivity contribution in [2.24, 2.45) is 0 Å². The second-order valence-corrected chi connectivity index (χ2v) is 7.30. The highest BCUT2D eigenvalue weighted by molar-refractivity contribution is 7.98. The quantitative estimate of drug-likeness (QED) is 0.387. The number of thioether (sulfide) groups is 1. The molecule has 1 atom stereocenters. The minimum atomic E-state index is -0.282. The van der Waals surface area contributed by atoms with Crippen molar-refractivity contribution in [3.05, 3.63) is 66.1 Å². The van der Waals surface area contributed by atoms with Gasteiger partial charge in [0.15, 0.2) is 5.82 Å². The van der Waals surface area contributed by atoms with Gasteiger partial charge in [0.25, 0.3) is 0 Å². The number of aromatic nitrogens is 4. The SMILES string of the molecule is CCOC(C)c1noc(CSc2nnc(-c3ccc(F)cc3)c3ccccc23)n1. The Bertz CT molecular complexity index is 1120. The Balaban J connectivity index is 1.59. The molecule has 0 aliphatic heterocycles. The van der Waals surface area contributed by atoms with E-state index in [9.17, 15) is 4.39 Å². The van der Waals surface area contributed by atoms with Gasteiger partial charge in [0.2, 0.25) is 5.89 Å². The van der Waals surface area contributed by atoms with Crippen LogP contribution >= 0.6 is 11.8 Å². The molecule has 4 aromatic rings. The number of rotatable bonds is 7. The third-order valence-corrected chi connectivity index (χ3v) is 5.33. The number of ether oxygens (including phenoxy) is 1. The summed E-state index contributed by atoms with van der Waals surface area (Å²) in [5.74, 6) is 1.23. The van der Waals surface area contributed by atoms with Crippen molar-refractivity contribution >= 4 is 22.5 Å². The molecule has 2 aromatic heterocycles. The van der Waals surface area contributed by atoms with Crippen molar-refractivity contribution < 1.29 is 13.7 Å². The van der Waals surface area contributed by atoms with Crippen LogP contribution in [0.3, 0.4) is 0 Å². The Morgan fingerprint density at radius 1 is 1.07 bits per heavy atom. The first-order chi connectivity index (χ1) is 14.2. The molecule has 0 bridgehead atoms. The number of benzene rings is 2. The van der Waals surface area contributed by atoms with E-state index in [1.807, 2.05) is 38.1 Å². The highest BCUT2D eigenvalue weighted by atomic mass is 32.2. The van der Waals surface area contributed by atoms with Gasteiger partial charge in [0.05, 0.1) is 5.75 Å². The fourth-order valence-corrected chi connectivity index (χ4v) is 3.76. The molecule has 0 saturated heterocycles. The van der Waals surface area contributed by atoms with Crippen molar-refractivity contribution in [3.8, 4) is 11.3 Å². The van der Waals surface area contributed by atoms with Crippen molar-refractivity contribution in [2.75, 3.05) is 6.61 Å². The lowest BCUT2D eigenvalue weighted by Gasteiger charge is -2.08. The fourth-order valence-electron chi connectivity index (χ4n) is 2.95. The first-order valence-electron chi connectivity index (χ1n) is 9.24. The maximum Gasteiger partial charge on any atom is 0.237 e. The molecule has 0 aliphatic carbocycles. The Kier molecular flexibility index (Phi) is 5.82. The van der Waals surface area contributed by atoms with E-state index < -0.39 is 0 Å². The van der Waals surface area contributed by atoms with Crippen LogP contribution in [0.25, 0.3) is 22.0 Å². The van der Waals surface area contributed by atoms with E-state index in [-0.39, 0.29) is 11.9 Å². The maximum atomic E-state index is 13.3. The van der Waals surface area contributed by atoms with Crippen LogP contribution < -0.4 is 0 Å². The molecule has 0 N–H and O–H groups in total. The van der Waals surface area contributed by atoms with Crippen molar-refractivity contribution in [1.29, 1.82) is 0 Å². The molecule has 4 rings (SSSR count). The molecule has 0 spiro atoms. The zero-order valence-corrected chi connectivity index (χ0v) is 16.8. The molecule has 2 heterocycles. The van der Waals surface area contributed by atoms with Gasteiger partial charge in [-0.3, -0.25) is 0 Å². The Morgan fingerprint density at radius 3 is 2.59 bits per heavy atom. The van der Waals surface area contributed by atoms with Crippen LogP contribution in [0.1, 0.15) is 31.7 Å². The van der Waals surface area contributed by atoms with Gasteiger partial charge in [-0.05, 0) is 38.1 Å². The van der Waals surface area contributed by atoms with E-state index >= 15 is 0 Å². The van der Waals surface area contributed by atoms with Gasteiger partial charge >= 0.3 is 0 Å². The number of halogens is 1. The normalized spacial score (nSPS) is 12.4. The molecule has 8 heteroatoms. The molecule has 0 aliphatic rings. The predicted octanol–water partition coefficient (Wildman–Crippen LogP) is 5.21. The minimum Gasteiger partial charge on any atom is -0.371 e. The summed E-state index contributed by atoms with van der Waals surface area (Å²) in [5, 5.41) is 15.5. The Hall–Kier alpha value is -2.84. The first kappa shape index (κ1) is 19.5. The summed E-state index contributed by atoms with van der Waals surface area (Å²) in [4.78, 5) is 4.39. The molecular formula is C21H19FN4O2S. The number of hydrogen-bond donors (Lipinski definition) is 0. The molecule has 0 radical (unpaired) electrons. The summed E-state index contributed by atoms with van der Waals surface area (Å²) in [5.41, 5.74) is 1.54. The summed E-state index contributed by atoms with van der Waals surface area (Å²) in [6, 6.07) is 14.1. The topological polar surface area (TPSA) is 73.9 Å². The molecule has 2 aromatic carbocycles. The van der Waals surface area contributed by atoms with Crippen LogP contribution in [0.5, 0.6) is 0 Å². The van der Waals surface area contributed by atoms with Gasteiger partial charge in [-0.15, -0.1) is 10.2 Å². The van der Waals surface area contributed by atoms with Crippen LogP contribution in [0.15, 0.2) is 58.1 Å². The van der Waals surface area contributed by atoms with E-state index in [1.54, 1.807) is 12.1 Å². The van der Waals surface area contributed by atoms with Gasteiger partial charge < -0.3 is 9.26 Å². The second-order valence-electron chi connectivity index (χ2n) is 6.34. The lowest BCUT2D eigenvalue weighted by molar-refractivity contribution is 0.0683. The van der Waals surface area contributed by atoms with Crippen LogP contribution in [-0.2, 0) is 10.5 Å². The summed E-state index contributed by atoms with van der Waals surface area (Å²) >= 11 is 1.48. The average Bonchev–Trinajstić information content (AvgIpc) is 3.22. The van der Waals surface area contributed by atoms with Crippen LogP contribution in [0.2, 0.25) is 0 Å². The van der Waals surface area contributed by atoms with E-state index in [0.29, 0.717) is 24.1 Å². The zero-order valence-electron chi connectivity index (χ0n) is 16.0. The molecule has 0 saturated carbocycles. The van der Waals surface area contributed by atoms with Crippen molar-refractivity contribution in [3.63, 3.8) is 0 Å². The molecule has 0 amide bonds. The smallest absolute Gasteiger partial charge is 0.237 e. The summed E-state index contributed by atoms with van der Waals surface area (Å²) < 4.78 is 24.1. The van der Waals surface area contributed by atoms with Crippen molar-refractivity contribution in [1.82, 2.24) is 20.3 Å². The summed E-state index contributed by atoms with van der Waals surface area (Å²) in [6.07, 6.45) is -0.210. The molecule has 29 heavy (non-hydrogen) atoms. The van der Waals surface area contributed by atoms with E-state index in [1.165, 1.54) is 23.9 Å². The third kappa shape index (κ3) is 4.28. The van der Waals surface area contributed by atoms with Crippen LogP contribution in [0, 0.1) is 5.82 Å². The van der Waals surface area contributed by atoms with E-state index in [4.69, 9.17) is 9.26 Å². The highest BCUT2D eigenvalue weighted by Crippen LogP contribution is 2.33. The standard InChI is InChI=1S/C21H19FN4O2S/c1-3-27-13(2)20-23-18(28-26-20)12-29-21-17-7-5-4-6-16(17)19(24-25-21)14-8-10-15(22)11-9-14/h4-11,13H,3,12H2,1-2H3. The van der Waals surface area contributed by atoms with Gasteiger partial charge in [0.1, 0.15) is 22.6 Å². The third-order valence-electron chi connectivity index (χ3n) is 4.37. The lowest BCUT2D eigenvalue weighted by Crippen LogP contribution is -2.01. The highest BCUT2D eigenvalue weighted by Gasteiger charge is 2.16. The zero-order chi connectivity index (χ0) is 20.2. The first-order valence-corrected chi connectivity index (χ1v) is 10.2. The lowest BCUT2D eigenvalue weighted by atomic mass is 10.1. The Morgan fingerprint density at radius 2 is 1.83 bits per heavy atom. The number of hydrogen-bond acceptors (Lipinski definition) is 7. The Labute approximate surface area is 171 Å². The second kappa shape index (κ2) is 8.67. The van der Waals surface area contributed by atoms with Gasteiger partial charge in [0, 0.05) is 22.9 Å². The number of fused-ring (bicyclic) bond motifs is 1.